The van der Waals surface area contributed by atoms with Crippen LogP contribution in [0.3, 0.4) is 0 Å². The van der Waals surface area contributed by atoms with Crippen molar-refractivity contribution in [3.63, 3.8) is 0 Å². The van der Waals surface area contributed by atoms with Crippen LogP contribution in [0.15, 0.2) is 0 Å². The third-order valence-corrected chi connectivity index (χ3v) is 2.24. The summed E-state index contributed by atoms with van der Waals surface area (Å²) in [5.41, 5.74) is 0. The number of hydrogen-bond acceptors (Lipinski definition) is 1. The summed E-state index contributed by atoms with van der Waals surface area (Å²) in [6.07, 6.45) is 4.19. The highest BCUT2D eigenvalue weighted by Gasteiger charge is 2.20. The number of unbranched alkanes of at least 4 members (excludes halogenated alkanes) is 2. The Morgan fingerprint density at radius 1 is 1.33 bits per heavy atom. The quantitative estimate of drug-likeness (QED) is 0.625. The molecule has 1 unspecified atom stereocenters. The molecule has 12 heavy (non-hydrogen) atoms. The van der Waals surface area contributed by atoms with Gasteiger partial charge in [-0.25, -0.2) is 0 Å². The van der Waals surface area contributed by atoms with Gasteiger partial charge in [0, 0.05) is 0 Å². The summed E-state index contributed by atoms with van der Waals surface area (Å²) in [6, 6.07) is 0. The largest absolute Gasteiger partial charge is 0.481 e. The highest BCUT2D eigenvalue weighted by Crippen LogP contribution is 2.18. The molecule has 0 rings (SSSR count). The maximum absolute atomic E-state index is 10.7. The second kappa shape index (κ2) is 6.04. The van der Waals surface area contributed by atoms with E-state index in [-0.39, 0.29) is 11.8 Å². The van der Waals surface area contributed by atoms with E-state index in [0.29, 0.717) is 0 Å². The van der Waals surface area contributed by atoms with Crippen LogP contribution in [0.25, 0.3) is 0 Å². The Morgan fingerprint density at radius 3 is 2.25 bits per heavy atom. The number of hydrogen-bond donors (Lipinski definition) is 1. The minimum Gasteiger partial charge on any atom is -0.481 e. The van der Waals surface area contributed by atoms with Crippen LogP contribution in [0.2, 0.25) is 0 Å². The molecule has 0 fully saturated rings. The van der Waals surface area contributed by atoms with Crippen molar-refractivity contribution in [2.45, 2.75) is 46.5 Å². The SMILES string of the molecule is CCCCCC(C(=O)O)C(C)C. The molecule has 0 bridgehead atoms. The molecule has 72 valence electrons. The Kier molecular flexibility index (Phi) is 5.77. The lowest BCUT2D eigenvalue weighted by atomic mass is 9.90. The Balaban J connectivity index is 3.72. The Bertz CT molecular complexity index is 130. The molecule has 0 radical (unpaired) electrons. The van der Waals surface area contributed by atoms with Gasteiger partial charge >= 0.3 is 5.97 Å². The molecule has 0 aromatic carbocycles. The van der Waals surface area contributed by atoms with E-state index < -0.39 is 5.97 Å². The molecule has 1 atom stereocenters. The molecule has 1 N–H and O–H groups in total. The lowest BCUT2D eigenvalue weighted by Crippen LogP contribution is -2.19. The fraction of sp³-hybridized carbons (Fsp3) is 0.900. The first kappa shape index (κ1) is 11.5. The summed E-state index contributed by atoms with van der Waals surface area (Å²) in [5, 5.41) is 8.84. The molecule has 0 saturated heterocycles. The van der Waals surface area contributed by atoms with Crippen molar-refractivity contribution in [2.75, 3.05) is 0 Å². The Hall–Kier alpha value is -0.530. The van der Waals surface area contributed by atoms with E-state index in [0.717, 1.165) is 25.7 Å². The predicted molar refractivity (Wildman–Crippen MR) is 50.1 cm³/mol. The number of carboxylic acid groups (broad SMARTS) is 1. The van der Waals surface area contributed by atoms with E-state index in [2.05, 4.69) is 6.92 Å². The third kappa shape index (κ3) is 4.37. The zero-order valence-corrected chi connectivity index (χ0v) is 8.34. The van der Waals surface area contributed by atoms with E-state index in [1.54, 1.807) is 0 Å². The van der Waals surface area contributed by atoms with Crippen LogP contribution in [-0.2, 0) is 4.79 Å². The summed E-state index contributed by atoms with van der Waals surface area (Å²) in [6.45, 7) is 6.08. The highest BCUT2D eigenvalue weighted by molar-refractivity contribution is 5.70. The van der Waals surface area contributed by atoms with Gasteiger partial charge in [-0.15, -0.1) is 0 Å². The lowest BCUT2D eigenvalue weighted by Gasteiger charge is -2.15. The molecule has 0 spiro atoms. The summed E-state index contributed by atoms with van der Waals surface area (Å²) >= 11 is 0. The zero-order valence-electron chi connectivity index (χ0n) is 8.34. The van der Waals surface area contributed by atoms with Gasteiger partial charge in [0.1, 0.15) is 0 Å². The molecular formula is C10H20O2. The van der Waals surface area contributed by atoms with E-state index in [1.807, 2.05) is 13.8 Å². The van der Waals surface area contributed by atoms with Crippen LogP contribution >= 0.6 is 0 Å². The predicted octanol–water partition coefficient (Wildman–Crippen LogP) is 2.92. The van der Waals surface area contributed by atoms with Crippen LogP contribution in [0.1, 0.15) is 46.5 Å². The van der Waals surface area contributed by atoms with Gasteiger partial charge in [-0.1, -0.05) is 40.0 Å². The van der Waals surface area contributed by atoms with Gasteiger partial charge in [-0.05, 0) is 12.3 Å². The van der Waals surface area contributed by atoms with E-state index in [4.69, 9.17) is 5.11 Å². The van der Waals surface area contributed by atoms with Crippen LogP contribution in [0.5, 0.6) is 0 Å². The summed E-state index contributed by atoms with van der Waals surface area (Å²) in [4.78, 5) is 10.7. The van der Waals surface area contributed by atoms with Crippen molar-refractivity contribution in [3.8, 4) is 0 Å². The molecule has 0 aliphatic rings. The molecule has 0 amide bonds. The average Bonchev–Trinajstić information content (AvgIpc) is 1.96. The van der Waals surface area contributed by atoms with E-state index >= 15 is 0 Å². The molecule has 0 aromatic rings. The number of carbonyl (C=O) groups is 1. The van der Waals surface area contributed by atoms with Crippen molar-refractivity contribution in [3.05, 3.63) is 0 Å². The second-order valence-corrected chi connectivity index (χ2v) is 3.68. The first-order chi connectivity index (χ1) is 5.59. The van der Waals surface area contributed by atoms with Crippen LogP contribution in [-0.4, -0.2) is 11.1 Å². The van der Waals surface area contributed by atoms with Crippen molar-refractivity contribution < 1.29 is 9.90 Å². The normalized spacial score (nSPS) is 13.3. The molecule has 0 aliphatic heterocycles. The van der Waals surface area contributed by atoms with Gasteiger partial charge in [-0.3, -0.25) is 4.79 Å². The van der Waals surface area contributed by atoms with Gasteiger partial charge in [-0.2, -0.15) is 0 Å². The molecule has 0 heterocycles. The van der Waals surface area contributed by atoms with Crippen LogP contribution < -0.4 is 0 Å². The fourth-order valence-electron chi connectivity index (χ4n) is 1.36. The Morgan fingerprint density at radius 2 is 1.92 bits per heavy atom. The second-order valence-electron chi connectivity index (χ2n) is 3.68. The average molecular weight is 172 g/mol. The molecule has 0 saturated carbocycles. The van der Waals surface area contributed by atoms with Crippen LogP contribution in [0, 0.1) is 11.8 Å². The maximum Gasteiger partial charge on any atom is 0.306 e. The van der Waals surface area contributed by atoms with E-state index in [9.17, 15) is 4.79 Å². The van der Waals surface area contributed by atoms with Crippen molar-refractivity contribution >= 4 is 5.97 Å². The first-order valence-corrected chi connectivity index (χ1v) is 4.82. The van der Waals surface area contributed by atoms with Gasteiger partial charge in [0.25, 0.3) is 0 Å². The summed E-state index contributed by atoms with van der Waals surface area (Å²) < 4.78 is 0. The minimum absolute atomic E-state index is 0.142. The highest BCUT2D eigenvalue weighted by atomic mass is 16.4. The molecule has 0 aromatic heterocycles. The lowest BCUT2D eigenvalue weighted by molar-refractivity contribution is -0.143. The standard InChI is InChI=1S/C10H20O2/c1-4-5-6-7-9(8(2)3)10(11)12/h8-9H,4-7H2,1-3H3,(H,11,12). The number of carboxylic acids is 1. The minimum atomic E-state index is -0.638. The zero-order chi connectivity index (χ0) is 9.56. The maximum atomic E-state index is 10.7. The third-order valence-electron chi connectivity index (χ3n) is 2.24. The van der Waals surface area contributed by atoms with Gasteiger partial charge in [0.05, 0.1) is 5.92 Å². The van der Waals surface area contributed by atoms with Crippen molar-refractivity contribution in [2.24, 2.45) is 11.8 Å². The topological polar surface area (TPSA) is 37.3 Å². The van der Waals surface area contributed by atoms with Crippen LogP contribution in [0.4, 0.5) is 0 Å². The fourth-order valence-corrected chi connectivity index (χ4v) is 1.36. The first-order valence-electron chi connectivity index (χ1n) is 4.82. The molecule has 2 heteroatoms. The van der Waals surface area contributed by atoms with Gasteiger partial charge in [0.15, 0.2) is 0 Å². The van der Waals surface area contributed by atoms with E-state index in [1.165, 1.54) is 0 Å². The summed E-state index contributed by atoms with van der Waals surface area (Å²) in [7, 11) is 0. The Labute approximate surface area is 75.0 Å². The van der Waals surface area contributed by atoms with Gasteiger partial charge < -0.3 is 5.11 Å². The smallest absolute Gasteiger partial charge is 0.306 e. The van der Waals surface area contributed by atoms with Gasteiger partial charge in [0.2, 0.25) is 0 Å². The number of aliphatic carboxylic acids is 1. The molecule has 2 nitrogen and oxygen atoms in total. The monoisotopic (exact) mass is 172 g/mol. The number of rotatable bonds is 6. The molecule has 0 aliphatic carbocycles. The summed E-state index contributed by atoms with van der Waals surface area (Å²) in [5.74, 6) is -0.517. The van der Waals surface area contributed by atoms with Crippen molar-refractivity contribution in [1.82, 2.24) is 0 Å². The molecular weight excluding hydrogens is 152 g/mol. The van der Waals surface area contributed by atoms with Crippen molar-refractivity contribution in [1.29, 1.82) is 0 Å².